The van der Waals surface area contributed by atoms with Crippen LogP contribution in [-0.2, 0) is 4.79 Å². The monoisotopic (exact) mass is 573 g/mol. The van der Waals surface area contributed by atoms with Gasteiger partial charge in [0.15, 0.2) is 0 Å². The summed E-state index contributed by atoms with van der Waals surface area (Å²) in [7, 11) is 1.35. The smallest absolute Gasteiger partial charge is 0.309 e. The van der Waals surface area contributed by atoms with Crippen molar-refractivity contribution in [3.63, 3.8) is 0 Å². The molecule has 1 aliphatic rings. The Morgan fingerprint density at radius 3 is 2.35 bits per heavy atom. The maximum absolute atomic E-state index is 14.3. The number of methoxy groups -OCH3 is 1. The van der Waals surface area contributed by atoms with Gasteiger partial charge in [-0.05, 0) is 77.6 Å². The first-order chi connectivity index (χ1) is 18.7. The average Bonchev–Trinajstić information content (AvgIpc) is 2.89. The molecule has 0 heterocycles. The summed E-state index contributed by atoms with van der Waals surface area (Å²) >= 11 is 6.14. The van der Waals surface area contributed by atoms with Crippen LogP contribution < -0.4 is 20.1 Å². The molecule has 1 atom stereocenters. The number of carboxylic acid groups (broad SMARTS) is 1. The Bertz CT molecular complexity index is 1340. The van der Waals surface area contributed by atoms with Crippen LogP contribution >= 0.6 is 11.6 Å². The van der Waals surface area contributed by atoms with Crippen LogP contribution in [0.15, 0.2) is 30.3 Å². The molecule has 0 aliphatic heterocycles. The van der Waals surface area contributed by atoms with E-state index in [1.165, 1.54) is 58.2 Å². The van der Waals surface area contributed by atoms with E-state index >= 15 is 0 Å². The quantitative estimate of drug-likeness (QED) is 0.347. The van der Waals surface area contributed by atoms with E-state index in [9.17, 15) is 29.1 Å². The summed E-state index contributed by atoms with van der Waals surface area (Å²) in [5.74, 6) is -1.87. The number of carboxylic acids is 1. The van der Waals surface area contributed by atoms with Gasteiger partial charge >= 0.3 is 5.97 Å². The SMILES string of the molecule is COc1cc(C#N)c(OC2CCC(C)(C(=O)O)CC2)cc1C(=O)Nc1cc(Cl)ccc1C(=O)N[C@H](C)C(C)(C)F. The third kappa shape index (κ3) is 7.02. The van der Waals surface area contributed by atoms with E-state index in [0.717, 1.165) is 0 Å². The lowest BCUT2D eigenvalue weighted by Crippen LogP contribution is -2.44. The number of nitrogens with one attached hydrogen (secondary N) is 2. The maximum Gasteiger partial charge on any atom is 0.309 e. The van der Waals surface area contributed by atoms with Crippen LogP contribution in [0.5, 0.6) is 11.5 Å². The standard InChI is InChI=1S/C29H33ClFN3O6/c1-16(28(2,3)31)33-25(35)20-7-6-18(30)13-22(20)34-26(36)21-14-23(17(15-32)12-24(21)39-5)40-19-8-10-29(4,11-9-19)27(37)38/h6-7,12-14,16,19H,8-11H2,1-5H3,(H,33,35)(H,34,36)(H,37,38)/t16-,19?,29?/m1/s1. The van der Waals surface area contributed by atoms with Gasteiger partial charge in [0.1, 0.15) is 23.2 Å². The third-order valence-corrected chi connectivity index (χ3v) is 7.60. The lowest BCUT2D eigenvalue weighted by molar-refractivity contribution is -0.150. The summed E-state index contributed by atoms with van der Waals surface area (Å²) in [4.78, 5) is 37.9. The fourth-order valence-electron chi connectivity index (χ4n) is 4.28. The Morgan fingerprint density at radius 1 is 1.15 bits per heavy atom. The van der Waals surface area contributed by atoms with Crippen LogP contribution in [0, 0.1) is 16.7 Å². The zero-order chi connectivity index (χ0) is 29.8. The molecule has 0 radical (unpaired) electrons. The van der Waals surface area contributed by atoms with E-state index in [2.05, 4.69) is 10.6 Å². The minimum absolute atomic E-state index is 0.0345. The van der Waals surface area contributed by atoms with Crippen LogP contribution in [0.4, 0.5) is 10.1 Å². The number of hydrogen-bond acceptors (Lipinski definition) is 6. The first kappa shape index (κ1) is 30.7. The van der Waals surface area contributed by atoms with Crippen molar-refractivity contribution in [1.29, 1.82) is 5.26 Å². The molecule has 2 aromatic rings. The molecule has 0 bridgehead atoms. The van der Waals surface area contributed by atoms with Crippen LogP contribution in [0.25, 0.3) is 0 Å². The number of aliphatic carboxylic acids is 1. The predicted octanol–water partition coefficient (Wildman–Crippen LogP) is 5.75. The van der Waals surface area contributed by atoms with Gasteiger partial charge in [-0.15, -0.1) is 0 Å². The Balaban J connectivity index is 1.89. The van der Waals surface area contributed by atoms with Crippen molar-refractivity contribution < 1.29 is 33.4 Å². The summed E-state index contributed by atoms with van der Waals surface area (Å²) in [6.07, 6.45) is 1.42. The maximum atomic E-state index is 14.3. The highest BCUT2D eigenvalue weighted by Gasteiger charge is 2.38. The van der Waals surface area contributed by atoms with E-state index in [1.807, 2.05) is 6.07 Å². The van der Waals surface area contributed by atoms with Crippen molar-refractivity contribution in [1.82, 2.24) is 5.32 Å². The molecular formula is C29H33ClFN3O6. The first-order valence-corrected chi connectivity index (χ1v) is 13.2. The first-order valence-electron chi connectivity index (χ1n) is 12.8. The van der Waals surface area contributed by atoms with Crippen molar-refractivity contribution in [2.24, 2.45) is 5.41 Å². The van der Waals surface area contributed by atoms with Crippen molar-refractivity contribution in [3.05, 3.63) is 52.0 Å². The second-order valence-corrected chi connectivity index (χ2v) is 11.2. The molecule has 3 N–H and O–H groups in total. The summed E-state index contributed by atoms with van der Waals surface area (Å²) in [6.45, 7) is 5.92. The largest absolute Gasteiger partial charge is 0.496 e. The van der Waals surface area contributed by atoms with Crippen molar-refractivity contribution >= 4 is 35.1 Å². The van der Waals surface area contributed by atoms with Gasteiger partial charge in [0.25, 0.3) is 11.8 Å². The number of ether oxygens (including phenoxy) is 2. The molecule has 0 aromatic heterocycles. The number of amides is 2. The second-order valence-electron chi connectivity index (χ2n) is 10.7. The summed E-state index contributed by atoms with van der Waals surface area (Å²) in [5.41, 5.74) is -2.17. The Morgan fingerprint density at radius 2 is 1.80 bits per heavy atom. The van der Waals surface area contributed by atoms with Gasteiger partial charge < -0.3 is 25.2 Å². The summed E-state index contributed by atoms with van der Waals surface area (Å²) < 4.78 is 25.7. The van der Waals surface area contributed by atoms with Crippen LogP contribution in [0.3, 0.4) is 0 Å². The predicted molar refractivity (Wildman–Crippen MR) is 148 cm³/mol. The zero-order valence-electron chi connectivity index (χ0n) is 23.1. The van der Waals surface area contributed by atoms with Gasteiger partial charge in [0.2, 0.25) is 0 Å². The molecule has 1 aliphatic carbocycles. The second kappa shape index (κ2) is 12.1. The average molecular weight is 574 g/mol. The topological polar surface area (TPSA) is 138 Å². The normalized spacial score (nSPS) is 19.6. The number of nitrogens with zero attached hydrogens (tertiary/aromatic N) is 1. The number of benzene rings is 2. The molecule has 1 saturated carbocycles. The fraction of sp³-hybridized carbons (Fsp3) is 0.448. The van der Waals surface area contributed by atoms with Crippen molar-refractivity contribution in [3.8, 4) is 17.6 Å². The Hall–Kier alpha value is -3.84. The van der Waals surface area contributed by atoms with E-state index in [4.69, 9.17) is 21.1 Å². The van der Waals surface area contributed by atoms with Crippen LogP contribution in [0.1, 0.15) is 79.7 Å². The van der Waals surface area contributed by atoms with Crippen molar-refractivity contribution in [2.45, 2.75) is 71.2 Å². The Kier molecular flexibility index (Phi) is 9.31. The molecule has 0 saturated heterocycles. The van der Waals surface area contributed by atoms with E-state index < -0.39 is 34.9 Å². The molecule has 0 unspecified atom stereocenters. The highest BCUT2D eigenvalue weighted by molar-refractivity contribution is 6.31. The summed E-state index contributed by atoms with van der Waals surface area (Å²) in [5, 5.41) is 24.7. The number of rotatable bonds is 9. The molecule has 2 aromatic carbocycles. The molecule has 1 fully saturated rings. The van der Waals surface area contributed by atoms with Gasteiger partial charge in [0.05, 0.1) is 47.0 Å². The van der Waals surface area contributed by atoms with Crippen LogP contribution in [-0.4, -0.2) is 47.8 Å². The number of hydrogen-bond donors (Lipinski definition) is 3. The van der Waals surface area contributed by atoms with E-state index in [-0.39, 0.29) is 45.0 Å². The molecule has 3 rings (SSSR count). The number of alkyl halides is 1. The summed E-state index contributed by atoms with van der Waals surface area (Å²) in [6, 6.07) is 8.29. The highest BCUT2D eigenvalue weighted by Crippen LogP contribution is 2.39. The molecular weight excluding hydrogens is 541 g/mol. The lowest BCUT2D eigenvalue weighted by Gasteiger charge is -2.34. The molecule has 0 spiro atoms. The fourth-order valence-corrected chi connectivity index (χ4v) is 4.46. The van der Waals surface area contributed by atoms with E-state index in [0.29, 0.717) is 25.7 Å². The van der Waals surface area contributed by atoms with Gasteiger partial charge in [-0.25, -0.2) is 4.39 Å². The van der Waals surface area contributed by atoms with Crippen molar-refractivity contribution in [2.75, 3.05) is 12.4 Å². The number of halogens is 2. The molecule has 2 amide bonds. The number of carbonyl (C=O) groups is 3. The van der Waals surface area contributed by atoms with Crippen LogP contribution in [0.2, 0.25) is 5.02 Å². The number of nitriles is 1. The molecule has 9 nitrogen and oxygen atoms in total. The molecule has 40 heavy (non-hydrogen) atoms. The van der Waals surface area contributed by atoms with Gasteiger partial charge in [-0.1, -0.05) is 11.6 Å². The number of anilines is 1. The molecule has 214 valence electrons. The zero-order valence-corrected chi connectivity index (χ0v) is 23.8. The minimum Gasteiger partial charge on any atom is -0.496 e. The third-order valence-electron chi connectivity index (χ3n) is 7.36. The Labute approximate surface area is 237 Å². The lowest BCUT2D eigenvalue weighted by atomic mass is 9.75. The van der Waals surface area contributed by atoms with Gasteiger partial charge in [-0.3, -0.25) is 14.4 Å². The highest BCUT2D eigenvalue weighted by atomic mass is 35.5. The molecule has 11 heteroatoms. The van der Waals surface area contributed by atoms with Gasteiger partial charge in [0, 0.05) is 11.1 Å². The minimum atomic E-state index is -1.68. The van der Waals surface area contributed by atoms with Gasteiger partial charge in [-0.2, -0.15) is 5.26 Å². The number of carbonyl (C=O) groups excluding carboxylic acids is 2. The van der Waals surface area contributed by atoms with E-state index in [1.54, 1.807) is 6.92 Å².